The maximum atomic E-state index is 12.5. The van der Waals surface area contributed by atoms with Crippen LogP contribution < -0.4 is 4.74 Å². The fourth-order valence-electron chi connectivity index (χ4n) is 3.40. The van der Waals surface area contributed by atoms with Crippen LogP contribution in [-0.4, -0.2) is 41.2 Å². The Hall–Kier alpha value is -1.76. The number of hydrogen-bond acceptors (Lipinski definition) is 3. The van der Waals surface area contributed by atoms with Crippen molar-refractivity contribution in [2.75, 3.05) is 13.1 Å². The Bertz CT molecular complexity index is 579. The lowest BCUT2D eigenvalue weighted by atomic mass is 9.61. The summed E-state index contributed by atoms with van der Waals surface area (Å²) in [5.74, 6) is 0.528. The summed E-state index contributed by atoms with van der Waals surface area (Å²) in [7, 11) is 0. The van der Waals surface area contributed by atoms with Gasteiger partial charge in [0, 0.05) is 24.0 Å². The minimum Gasteiger partial charge on any atom is -0.490 e. The smallest absolute Gasteiger partial charge is 0.416 e. The molecule has 0 bridgehead atoms. The average molecular weight is 359 g/mol. The molecule has 0 unspecified atom stereocenters. The van der Waals surface area contributed by atoms with E-state index in [0.717, 1.165) is 38.1 Å². The summed E-state index contributed by atoms with van der Waals surface area (Å²) in [6, 6.07) is 4.98. The normalized spacial score (nSPS) is 20.1. The molecule has 1 N–H and O–H groups in total. The van der Waals surface area contributed by atoms with Crippen molar-refractivity contribution in [3.8, 4) is 5.75 Å². The molecule has 4 nitrogen and oxygen atoms in total. The Balaban J connectivity index is 0.000000701. The minimum atomic E-state index is -4.29. The van der Waals surface area contributed by atoms with Crippen LogP contribution in [0.5, 0.6) is 5.75 Å². The number of alkyl halides is 3. The van der Waals surface area contributed by atoms with Gasteiger partial charge in [0.05, 0.1) is 11.7 Å². The highest BCUT2D eigenvalue weighted by atomic mass is 19.4. The zero-order chi connectivity index (χ0) is 18.9. The molecule has 1 aliphatic heterocycles. The molecule has 3 rings (SSSR count). The molecular weight excluding hydrogens is 335 g/mol. The van der Waals surface area contributed by atoms with Gasteiger partial charge in [-0.1, -0.05) is 0 Å². The largest absolute Gasteiger partial charge is 0.490 e. The number of hydrogen-bond donors (Lipinski definition) is 1. The van der Waals surface area contributed by atoms with Crippen LogP contribution in [-0.2, 0) is 11.0 Å². The van der Waals surface area contributed by atoms with Crippen molar-refractivity contribution in [2.24, 2.45) is 5.41 Å². The summed E-state index contributed by atoms with van der Waals surface area (Å²) in [5, 5.41) is 6.89. The van der Waals surface area contributed by atoms with Crippen molar-refractivity contribution in [1.82, 2.24) is 4.90 Å². The van der Waals surface area contributed by atoms with E-state index in [4.69, 9.17) is 14.6 Å². The average Bonchev–Trinajstić information content (AvgIpc) is 2.39. The van der Waals surface area contributed by atoms with Gasteiger partial charge in [0.2, 0.25) is 0 Å². The van der Waals surface area contributed by atoms with E-state index < -0.39 is 11.7 Å². The van der Waals surface area contributed by atoms with E-state index in [1.807, 2.05) is 0 Å². The molecule has 2 fully saturated rings. The number of carbonyl (C=O) groups is 1. The van der Waals surface area contributed by atoms with E-state index in [1.165, 1.54) is 12.1 Å². The summed E-state index contributed by atoms with van der Waals surface area (Å²) in [4.78, 5) is 10.8. The molecule has 1 aliphatic carbocycles. The van der Waals surface area contributed by atoms with Crippen LogP contribution in [0, 0.1) is 5.41 Å². The van der Waals surface area contributed by atoms with Gasteiger partial charge in [0.25, 0.3) is 6.47 Å². The number of halogens is 3. The molecule has 1 saturated heterocycles. The number of ether oxygens (including phenoxy) is 1. The second-order valence-corrected chi connectivity index (χ2v) is 7.80. The van der Waals surface area contributed by atoms with Gasteiger partial charge in [-0.25, -0.2) is 0 Å². The van der Waals surface area contributed by atoms with Gasteiger partial charge < -0.3 is 9.84 Å². The predicted octanol–water partition coefficient (Wildman–Crippen LogP) is 4.05. The Labute approximate surface area is 145 Å². The van der Waals surface area contributed by atoms with Crippen molar-refractivity contribution in [1.29, 1.82) is 0 Å². The first-order valence-corrected chi connectivity index (χ1v) is 8.16. The minimum absolute atomic E-state index is 0.138. The first-order chi connectivity index (χ1) is 11.5. The van der Waals surface area contributed by atoms with Gasteiger partial charge in [-0.15, -0.1) is 0 Å². The van der Waals surface area contributed by atoms with Gasteiger partial charge in [-0.3, -0.25) is 9.69 Å². The van der Waals surface area contributed by atoms with Crippen LogP contribution in [0.1, 0.15) is 39.2 Å². The molecule has 1 spiro atoms. The molecule has 7 heteroatoms. The summed E-state index contributed by atoms with van der Waals surface area (Å²) < 4.78 is 43.3. The molecule has 2 aliphatic rings. The fourth-order valence-corrected chi connectivity index (χ4v) is 3.40. The van der Waals surface area contributed by atoms with Crippen molar-refractivity contribution < 1.29 is 27.8 Å². The molecule has 140 valence electrons. The molecular formula is C18H24F3NO3. The number of carboxylic acid groups (broad SMARTS) is 1. The maximum absolute atomic E-state index is 12.5. The van der Waals surface area contributed by atoms with Crippen molar-refractivity contribution in [3.63, 3.8) is 0 Å². The summed E-state index contributed by atoms with van der Waals surface area (Å²) >= 11 is 0. The topological polar surface area (TPSA) is 49.8 Å². The molecule has 1 saturated carbocycles. The third-order valence-corrected chi connectivity index (χ3v) is 4.81. The third kappa shape index (κ3) is 4.66. The number of likely N-dealkylation sites (tertiary alicyclic amines) is 1. The van der Waals surface area contributed by atoms with Gasteiger partial charge >= 0.3 is 6.18 Å². The summed E-state index contributed by atoms with van der Waals surface area (Å²) in [6.07, 6.45) is -2.15. The quantitative estimate of drug-likeness (QED) is 0.810. The van der Waals surface area contributed by atoms with Crippen LogP contribution in [0.4, 0.5) is 13.2 Å². The molecule has 0 amide bonds. The standard InChI is InChI=1S/C17H22F3NO.CH2O2/c1-15(2,3)21-10-16(11-21)8-14(9-16)22-13-6-4-12(5-7-13)17(18,19)20;2-1-3/h4-7,14H,8-11H2,1-3H3;1H,(H,2,3). The van der Waals surface area contributed by atoms with E-state index >= 15 is 0 Å². The zero-order valence-electron chi connectivity index (χ0n) is 14.6. The van der Waals surface area contributed by atoms with E-state index in [9.17, 15) is 13.2 Å². The van der Waals surface area contributed by atoms with Crippen LogP contribution in [0.2, 0.25) is 0 Å². The van der Waals surface area contributed by atoms with Crippen LogP contribution in [0.15, 0.2) is 24.3 Å². The number of nitrogens with zero attached hydrogens (tertiary/aromatic N) is 1. The molecule has 0 atom stereocenters. The number of benzene rings is 1. The van der Waals surface area contributed by atoms with E-state index in [1.54, 1.807) is 0 Å². The van der Waals surface area contributed by atoms with Crippen LogP contribution in [0.25, 0.3) is 0 Å². The number of rotatable bonds is 2. The SMILES string of the molecule is CC(C)(C)N1CC2(CC(Oc3ccc(C(F)(F)F)cc3)C2)C1.O=CO. The Morgan fingerprint density at radius 1 is 1.16 bits per heavy atom. The van der Waals surface area contributed by atoms with Crippen LogP contribution >= 0.6 is 0 Å². The molecule has 25 heavy (non-hydrogen) atoms. The molecule has 1 aromatic rings. The monoisotopic (exact) mass is 359 g/mol. The highest BCUT2D eigenvalue weighted by Gasteiger charge is 2.55. The zero-order valence-corrected chi connectivity index (χ0v) is 14.6. The van der Waals surface area contributed by atoms with Gasteiger partial charge in [0.1, 0.15) is 5.75 Å². The highest BCUT2D eigenvalue weighted by molar-refractivity contribution is 5.32. The Kier molecular flexibility index (Phi) is 5.37. The Morgan fingerprint density at radius 3 is 2.04 bits per heavy atom. The summed E-state index contributed by atoms with van der Waals surface area (Å²) in [5.41, 5.74) is -0.0428. The first-order valence-electron chi connectivity index (χ1n) is 8.16. The van der Waals surface area contributed by atoms with Crippen LogP contribution in [0.3, 0.4) is 0 Å². The van der Waals surface area contributed by atoms with E-state index in [0.29, 0.717) is 11.2 Å². The van der Waals surface area contributed by atoms with E-state index in [2.05, 4.69) is 25.7 Å². The first kappa shape index (κ1) is 19.6. The predicted molar refractivity (Wildman–Crippen MR) is 87.5 cm³/mol. The lowest BCUT2D eigenvalue weighted by Gasteiger charge is -2.62. The molecule has 0 aromatic heterocycles. The van der Waals surface area contributed by atoms with Gasteiger partial charge in [-0.2, -0.15) is 13.2 Å². The third-order valence-electron chi connectivity index (χ3n) is 4.81. The lowest BCUT2D eigenvalue weighted by Crippen LogP contribution is -2.68. The van der Waals surface area contributed by atoms with Gasteiger partial charge in [-0.05, 0) is 57.9 Å². The molecule has 1 aromatic carbocycles. The van der Waals surface area contributed by atoms with E-state index in [-0.39, 0.29) is 18.1 Å². The second kappa shape index (κ2) is 6.86. The molecule has 1 heterocycles. The van der Waals surface area contributed by atoms with Crippen molar-refractivity contribution in [3.05, 3.63) is 29.8 Å². The fraction of sp³-hybridized carbons (Fsp3) is 0.611. The lowest BCUT2D eigenvalue weighted by molar-refractivity contribution is -0.147. The van der Waals surface area contributed by atoms with Crippen molar-refractivity contribution >= 4 is 6.47 Å². The summed E-state index contributed by atoms with van der Waals surface area (Å²) in [6.45, 7) is 8.60. The van der Waals surface area contributed by atoms with Crippen molar-refractivity contribution in [2.45, 2.75) is 51.4 Å². The highest BCUT2D eigenvalue weighted by Crippen LogP contribution is 2.51. The molecule has 0 radical (unpaired) electrons. The Morgan fingerprint density at radius 2 is 1.64 bits per heavy atom. The maximum Gasteiger partial charge on any atom is 0.416 e. The second-order valence-electron chi connectivity index (χ2n) is 7.80. The van der Waals surface area contributed by atoms with Gasteiger partial charge in [0.15, 0.2) is 0 Å².